The third-order valence-corrected chi connectivity index (χ3v) is 2.06. The molecule has 0 aromatic carbocycles. The molecule has 0 rings (SSSR count). The van der Waals surface area contributed by atoms with Crippen LogP contribution in [0.15, 0.2) is 24.3 Å². The van der Waals surface area contributed by atoms with Crippen molar-refractivity contribution in [1.82, 2.24) is 0 Å². The van der Waals surface area contributed by atoms with Gasteiger partial charge in [-0.2, -0.15) is 0 Å². The Labute approximate surface area is 83.7 Å². The molecule has 0 aliphatic heterocycles. The third-order valence-electron chi connectivity index (χ3n) is 2.06. The molecular formula is C13H23. The summed E-state index contributed by atoms with van der Waals surface area (Å²) in [7, 11) is 0. The molecule has 0 heteroatoms. The molecule has 0 heterocycles. The van der Waals surface area contributed by atoms with Gasteiger partial charge in [0, 0.05) is 0 Å². The maximum Gasteiger partial charge on any atom is -0.0348 e. The van der Waals surface area contributed by atoms with Crippen molar-refractivity contribution in [3.63, 3.8) is 0 Å². The van der Waals surface area contributed by atoms with E-state index >= 15 is 0 Å². The molecule has 75 valence electrons. The van der Waals surface area contributed by atoms with Gasteiger partial charge in [0.15, 0.2) is 0 Å². The van der Waals surface area contributed by atoms with Gasteiger partial charge in [0.25, 0.3) is 0 Å². The Balaban J connectivity index is 2.99. The predicted octanol–water partition coefficient (Wildman–Crippen LogP) is 4.68. The van der Waals surface area contributed by atoms with Crippen molar-refractivity contribution < 1.29 is 0 Å². The summed E-state index contributed by atoms with van der Waals surface area (Å²) in [6.45, 7) is 5.88. The molecule has 0 amide bonds. The molecule has 0 saturated carbocycles. The number of allylic oxidation sites excluding steroid dienone is 4. The zero-order valence-corrected chi connectivity index (χ0v) is 8.97. The smallest absolute Gasteiger partial charge is 0.0348 e. The van der Waals surface area contributed by atoms with E-state index in [1.807, 2.05) is 6.92 Å². The van der Waals surface area contributed by atoms with Crippen molar-refractivity contribution in [2.75, 3.05) is 0 Å². The Bertz CT molecular complexity index is 131. The number of hydrogen-bond acceptors (Lipinski definition) is 0. The molecule has 0 spiro atoms. The molecule has 0 nitrogen and oxygen atoms in total. The van der Waals surface area contributed by atoms with Crippen molar-refractivity contribution in [1.29, 1.82) is 0 Å². The standard InChI is InChI=1S/C13H23/c1-3-5-7-9-11-13-12-10-8-6-4-2/h4,6,8,10H,1,3,5,7,9,11-13H2,2H3. The fourth-order valence-corrected chi connectivity index (χ4v) is 1.26. The minimum absolute atomic E-state index is 1.10. The number of rotatable bonds is 8. The van der Waals surface area contributed by atoms with Gasteiger partial charge < -0.3 is 0 Å². The summed E-state index contributed by atoms with van der Waals surface area (Å²) in [4.78, 5) is 0. The first-order valence-electron chi connectivity index (χ1n) is 5.49. The molecule has 0 bridgehead atoms. The van der Waals surface area contributed by atoms with E-state index in [1.54, 1.807) is 0 Å². The van der Waals surface area contributed by atoms with Crippen LogP contribution in [0.4, 0.5) is 0 Å². The van der Waals surface area contributed by atoms with Gasteiger partial charge in [-0.15, -0.1) is 0 Å². The first-order chi connectivity index (χ1) is 6.41. The molecule has 0 aromatic heterocycles. The van der Waals surface area contributed by atoms with E-state index < -0.39 is 0 Å². The van der Waals surface area contributed by atoms with Crippen molar-refractivity contribution >= 4 is 0 Å². The largest absolute Gasteiger partial charge is 0.0877 e. The molecule has 0 aliphatic carbocycles. The average molecular weight is 179 g/mol. The number of unbranched alkanes of at least 4 members (excludes halogenated alkanes) is 6. The van der Waals surface area contributed by atoms with Crippen molar-refractivity contribution in [3.05, 3.63) is 31.2 Å². The highest BCUT2D eigenvalue weighted by Crippen LogP contribution is 2.06. The Morgan fingerprint density at radius 1 is 0.923 bits per heavy atom. The van der Waals surface area contributed by atoms with E-state index in [0.29, 0.717) is 0 Å². The minimum atomic E-state index is 1.10. The lowest BCUT2D eigenvalue weighted by Crippen LogP contribution is -1.77. The molecule has 0 aliphatic rings. The summed E-state index contributed by atoms with van der Waals surface area (Å²) in [5, 5.41) is 0. The fraction of sp³-hybridized carbons (Fsp3) is 0.615. The maximum atomic E-state index is 3.83. The normalized spacial score (nSPS) is 11.8. The zero-order chi connectivity index (χ0) is 9.78. The van der Waals surface area contributed by atoms with Crippen LogP contribution in [0.5, 0.6) is 0 Å². The van der Waals surface area contributed by atoms with Crippen LogP contribution in [-0.4, -0.2) is 0 Å². The topological polar surface area (TPSA) is 0 Å². The Hall–Kier alpha value is -0.520. The lowest BCUT2D eigenvalue weighted by Gasteiger charge is -1.96. The summed E-state index contributed by atoms with van der Waals surface area (Å²) in [5.74, 6) is 0. The highest BCUT2D eigenvalue weighted by atomic mass is 13.9. The SMILES string of the molecule is [CH2]CCCCCCCC=CC=CC. The van der Waals surface area contributed by atoms with E-state index in [-0.39, 0.29) is 0 Å². The van der Waals surface area contributed by atoms with Gasteiger partial charge in [0.05, 0.1) is 0 Å². The summed E-state index contributed by atoms with van der Waals surface area (Å²) in [5.41, 5.74) is 0. The van der Waals surface area contributed by atoms with E-state index in [4.69, 9.17) is 0 Å². The zero-order valence-electron chi connectivity index (χ0n) is 8.97. The van der Waals surface area contributed by atoms with Gasteiger partial charge in [0.1, 0.15) is 0 Å². The summed E-state index contributed by atoms with van der Waals surface area (Å²) >= 11 is 0. The highest BCUT2D eigenvalue weighted by Gasteiger charge is 1.87. The van der Waals surface area contributed by atoms with E-state index in [2.05, 4.69) is 31.2 Å². The minimum Gasteiger partial charge on any atom is -0.0877 e. The molecule has 0 saturated heterocycles. The monoisotopic (exact) mass is 179 g/mol. The van der Waals surface area contributed by atoms with Crippen LogP contribution in [0.2, 0.25) is 0 Å². The highest BCUT2D eigenvalue weighted by molar-refractivity contribution is 5.00. The van der Waals surface area contributed by atoms with Gasteiger partial charge in [-0.1, -0.05) is 63.3 Å². The van der Waals surface area contributed by atoms with Crippen molar-refractivity contribution in [3.8, 4) is 0 Å². The quantitative estimate of drug-likeness (QED) is 0.375. The Kier molecular flexibility index (Phi) is 11.0. The van der Waals surface area contributed by atoms with Crippen LogP contribution in [0, 0.1) is 6.92 Å². The van der Waals surface area contributed by atoms with Gasteiger partial charge >= 0.3 is 0 Å². The molecule has 1 radical (unpaired) electrons. The first kappa shape index (κ1) is 12.5. The van der Waals surface area contributed by atoms with Crippen LogP contribution < -0.4 is 0 Å². The fourth-order valence-electron chi connectivity index (χ4n) is 1.26. The molecule has 0 unspecified atom stereocenters. The maximum absolute atomic E-state index is 3.83. The second-order valence-corrected chi connectivity index (χ2v) is 3.36. The van der Waals surface area contributed by atoms with Crippen LogP contribution in [-0.2, 0) is 0 Å². The molecule has 13 heavy (non-hydrogen) atoms. The molecule has 0 fully saturated rings. The second kappa shape index (κ2) is 11.5. The first-order valence-corrected chi connectivity index (χ1v) is 5.49. The van der Waals surface area contributed by atoms with Crippen LogP contribution >= 0.6 is 0 Å². The van der Waals surface area contributed by atoms with E-state index in [1.165, 1.54) is 38.5 Å². The van der Waals surface area contributed by atoms with Crippen LogP contribution in [0.25, 0.3) is 0 Å². The number of hydrogen-bond donors (Lipinski definition) is 0. The second-order valence-electron chi connectivity index (χ2n) is 3.36. The Morgan fingerprint density at radius 2 is 1.62 bits per heavy atom. The lowest BCUT2D eigenvalue weighted by atomic mass is 10.1. The van der Waals surface area contributed by atoms with Gasteiger partial charge in [0.2, 0.25) is 0 Å². The lowest BCUT2D eigenvalue weighted by molar-refractivity contribution is 0.621. The van der Waals surface area contributed by atoms with Gasteiger partial charge in [-0.05, 0) is 19.8 Å². The van der Waals surface area contributed by atoms with Gasteiger partial charge in [-0.25, -0.2) is 0 Å². The molecule has 0 N–H and O–H groups in total. The average Bonchev–Trinajstić information content (AvgIpc) is 2.16. The summed E-state index contributed by atoms with van der Waals surface area (Å²) in [6, 6.07) is 0. The van der Waals surface area contributed by atoms with Crippen LogP contribution in [0.3, 0.4) is 0 Å². The molecule has 0 atom stereocenters. The van der Waals surface area contributed by atoms with Crippen molar-refractivity contribution in [2.24, 2.45) is 0 Å². The van der Waals surface area contributed by atoms with E-state index in [9.17, 15) is 0 Å². The van der Waals surface area contributed by atoms with Crippen LogP contribution in [0.1, 0.15) is 51.9 Å². The molecule has 0 aromatic rings. The molecular weight excluding hydrogens is 156 g/mol. The summed E-state index contributed by atoms with van der Waals surface area (Å²) in [6.07, 6.45) is 17.6. The van der Waals surface area contributed by atoms with Crippen molar-refractivity contribution in [2.45, 2.75) is 51.9 Å². The Morgan fingerprint density at radius 3 is 2.31 bits per heavy atom. The van der Waals surface area contributed by atoms with E-state index in [0.717, 1.165) is 6.42 Å². The summed E-state index contributed by atoms with van der Waals surface area (Å²) < 4.78 is 0. The van der Waals surface area contributed by atoms with Gasteiger partial charge in [-0.3, -0.25) is 0 Å². The third kappa shape index (κ3) is 11.5. The predicted molar refractivity (Wildman–Crippen MR) is 61.6 cm³/mol.